The molecule has 1 aromatic heterocycles. The van der Waals surface area contributed by atoms with Crippen molar-refractivity contribution in [2.45, 2.75) is 57.3 Å². The predicted octanol–water partition coefficient (Wildman–Crippen LogP) is 2.79. The minimum Gasteiger partial charge on any atom is -0.351 e. The van der Waals surface area contributed by atoms with Gasteiger partial charge in [0.25, 0.3) is 5.91 Å². The first-order valence-corrected chi connectivity index (χ1v) is 9.64. The smallest absolute Gasteiger partial charge is 0.261 e. The summed E-state index contributed by atoms with van der Waals surface area (Å²) < 4.78 is 22.7. The first-order valence-electron chi connectivity index (χ1n) is 7.27. The quantitative estimate of drug-likeness (QED) is 0.681. The highest BCUT2D eigenvalue weighted by Crippen LogP contribution is 2.24. The van der Waals surface area contributed by atoms with Crippen molar-refractivity contribution >= 4 is 27.3 Å². The molecule has 0 bridgehead atoms. The summed E-state index contributed by atoms with van der Waals surface area (Å²) in [6.07, 6.45) is 6.97. The van der Waals surface area contributed by atoms with E-state index in [9.17, 15) is 13.2 Å². The van der Waals surface area contributed by atoms with E-state index < -0.39 is 10.0 Å². The zero-order chi connectivity index (χ0) is 15.9. The third kappa shape index (κ3) is 6.15. The standard InChI is InChI=1S/C14H24N2O3S2/c1-3-4-5-6-7-8-9-16-14(17)12-10-13(11(2)20-12)21(15,18)19/h10H,3-9H2,1-2H3,(H,16,17)(H2,15,18,19). The van der Waals surface area contributed by atoms with E-state index in [0.717, 1.165) is 24.2 Å². The molecule has 0 unspecified atom stereocenters. The molecule has 0 saturated heterocycles. The molecule has 120 valence electrons. The third-order valence-corrected chi connectivity index (χ3v) is 5.43. The fraction of sp³-hybridized carbons (Fsp3) is 0.643. The zero-order valence-corrected chi connectivity index (χ0v) is 14.3. The van der Waals surface area contributed by atoms with Crippen LogP contribution in [0.3, 0.4) is 0 Å². The number of carbonyl (C=O) groups excluding carboxylic acids is 1. The van der Waals surface area contributed by atoms with Crippen LogP contribution in [0.5, 0.6) is 0 Å². The molecule has 1 rings (SSSR count). The molecule has 1 aromatic rings. The van der Waals surface area contributed by atoms with Gasteiger partial charge in [-0.1, -0.05) is 39.0 Å². The average Bonchev–Trinajstić information content (AvgIpc) is 2.79. The molecule has 0 atom stereocenters. The third-order valence-electron chi connectivity index (χ3n) is 3.22. The van der Waals surface area contributed by atoms with Crippen molar-refractivity contribution in [2.24, 2.45) is 5.14 Å². The minimum atomic E-state index is -3.75. The summed E-state index contributed by atoms with van der Waals surface area (Å²) in [5.41, 5.74) is 0. The van der Waals surface area contributed by atoms with Gasteiger partial charge in [0, 0.05) is 11.4 Å². The summed E-state index contributed by atoms with van der Waals surface area (Å²) in [5.74, 6) is -0.230. The van der Waals surface area contributed by atoms with Crippen molar-refractivity contribution in [1.29, 1.82) is 0 Å². The van der Waals surface area contributed by atoms with Crippen LogP contribution in [0.2, 0.25) is 0 Å². The van der Waals surface area contributed by atoms with Crippen LogP contribution < -0.4 is 10.5 Å². The van der Waals surface area contributed by atoms with Crippen LogP contribution in [0.15, 0.2) is 11.0 Å². The second kappa shape index (κ2) is 8.51. The van der Waals surface area contributed by atoms with Crippen molar-refractivity contribution in [2.75, 3.05) is 6.54 Å². The number of nitrogens with one attached hydrogen (secondary N) is 1. The van der Waals surface area contributed by atoms with Crippen molar-refractivity contribution < 1.29 is 13.2 Å². The summed E-state index contributed by atoms with van der Waals surface area (Å²) in [5, 5.41) is 7.92. The van der Waals surface area contributed by atoms with E-state index >= 15 is 0 Å². The lowest BCUT2D eigenvalue weighted by Crippen LogP contribution is -2.23. The summed E-state index contributed by atoms with van der Waals surface area (Å²) in [6, 6.07) is 1.35. The molecule has 3 N–H and O–H groups in total. The maximum absolute atomic E-state index is 11.9. The molecule has 21 heavy (non-hydrogen) atoms. The first-order chi connectivity index (χ1) is 9.86. The molecule has 1 heterocycles. The highest BCUT2D eigenvalue weighted by Gasteiger charge is 2.18. The van der Waals surface area contributed by atoms with Crippen LogP contribution >= 0.6 is 11.3 Å². The van der Waals surface area contributed by atoms with Gasteiger partial charge in [-0.2, -0.15) is 0 Å². The number of hydrogen-bond acceptors (Lipinski definition) is 4. The molecule has 0 aliphatic rings. The van der Waals surface area contributed by atoms with Crippen molar-refractivity contribution in [1.82, 2.24) is 5.32 Å². The molecule has 0 fully saturated rings. The highest BCUT2D eigenvalue weighted by molar-refractivity contribution is 7.89. The summed E-state index contributed by atoms with van der Waals surface area (Å²) in [6.45, 7) is 4.45. The summed E-state index contributed by atoms with van der Waals surface area (Å²) in [7, 11) is -3.75. The highest BCUT2D eigenvalue weighted by atomic mass is 32.2. The number of sulfonamides is 1. The number of carbonyl (C=O) groups is 1. The Balaban J connectivity index is 2.40. The van der Waals surface area contributed by atoms with Gasteiger partial charge in [-0.3, -0.25) is 4.79 Å². The molecule has 0 spiro atoms. The molecule has 0 saturated carbocycles. The fourth-order valence-electron chi connectivity index (χ4n) is 2.05. The largest absolute Gasteiger partial charge is 0.351 e. The monoisotopic (exact) mass is 332 g/mol. The van der Waals surface area contributed by atoms with E-state index in [2.05, 4.69) is 12.2 Å². The van der Waals surface area contributed by atoms with Crippen LogP contribution in [0.1, 0.15) is 60.0 Å². The van der Waals surface area contributed by atoms with Gasteiger partial charge in [-0.15, -0.1) is 11.3 Å². The number of unbranched alkanes of at least 4 members (excludes halogenated alkanes) is 5. The molecule has 0 aromatic carbocycles. The SMILES string of the molecule is CCCCCCCCNC(=O)c1cc(S(N)(=O)=O)c(C)s1. The van der Waals surface area contributed by atoms with Gasteiger partial charge >= 0.3 is 0 Å². The van der Waals surface area contributed by atoms with E-state index in [0.29, 0.717) is 16.3 Å². The van der Waals surface area contributed by atoms with Gasteiger partial charge in [0.2, 0.25) is 10.0 Å². The molecular weight excluding hydrogens is 308 g/mol. The number of hydrogen-bond donors (Lipinski definition) is 2. The number of primary sulfonamides is 1. The number of amides is 1. The Morgan fingerprint density at radius 3 is 2.43 bits per heavy atom. The Morgan fingerprint density at radius 1 is 1.24 bits per heavy atom. The maximum atomic E-state index is 11.9. The van der Waals surface area contributed by atoms with Gasteiger partial charge in [-0.05, 0) is 19.4 Å². The van der Waals surface area contributed by atoms with Gasteiger partial charge in [0.05, 0.1) is 9.77 Å². The fourth-order valence-corrected chi connectivity index (χ4v) is 4.12. The van der Waals surface area contributed by atoms with Crippen LogP contribution in [-0.4, -0.2) is 20.9 Å². The Morgan fingerprint density at radius 2 is 1.86 bits per heavy atom. The predicted molar refractivity (Wildman–Crippen MR) is 86.1 cm³/mol. The van der Waals surface area contributed by atoms with Gasteiger partial charge in [0.1, 0.15) is 0 Å². The normalized spacial score (nSPS) is 11.6. The maximum Gasteiger partial charge on any atom is 0.261 e. The van der Waals surface area contributed by atoms with E-state index in [1.165, 1.54) is 31.7 Å². The van der Waals surface area contributed by atoms with E-state index in [4.69, 9.17) is 5.14 Å². The first kappa shape index (κ1) is 18.1. The van der Waals surface area contributed by atoms with Crippen LogP contribution in [0.4, 0.5) is 0 Å². The molecule has 0 radical (unpaired) electrons. The Bertz CT molecular complexity index is 565. The average molecular weight is 332 g/mol. The lowest BCUT2D eigenvalue weighted by Gasteiger charge is -2.03. The van der Waals surface area contributed by atoms with Crippen LogP contribution in [0.25, 0.3) is 0 Å². The molecule has 5 nitrogen and oxygen atoms in total. The molecule has 0 aliphatic heterocycles. The zero-order valence-electron chi connectivity index (χ0n) is 12.6. The van der Waals surface area contributed by atoms with Crippen molar-refractivity contribution in [3.05, 3.63) is 15.8 Å². The topological polar surface area (TPSA) is 89.3 Å². The lowest BCUT2D eigenvalue weighted by atomic mass is 10.1. The van der Waals surface area contributed by atoms with E-state index in [-0.39, 0.29) is 10.8 Å². The van der Waals surface area contributed by atoms with Gasteiger partial charge in [-0.25, -0.2) is 13.6 Å². The molecule has 7 heteroatoms. The lowest BCUT2D eigenvalue weighted by molar-refractivity contribution is 0.0957. The minimum absolute atomic E-state index is 0.0391. The number of aryl methyl sites for hydroxylation is 1. The second-order valence-corrected chi connectivity index (χ2v) is 7.89. The second-order valence-electron chi connectivity index (χ2n) is 5.10. The van der Waals surface area contributed by atoms with Crippen molar-refractivity contribution in [3.8, 4) is 0 Å². The Hall–Kier alpha value is -0.920. The number of thiophene rings is 1. The number of rotatable bonds is 9. The Labute approximate surface area is 131 Å². The molecule has 0 aliphatic carbocycles. The Kier molecular flexibility index (Phi) is 7.34. The molecular formula is C14H24N2O3S2. The van der Waals surface area contributed by atoms with Gasteiger partial charge in [0.15, 0.2) is 0 Å². The van der Waals surface area contributed by atoms with Crippen LogP contribution in [0, 0.1) is 6.92 Å². The number of nitrogens with two attached hydrogens (primary N) is 1. The van der Waals surface area contributed by atoms with E-state index in [1.54, 1.807) is 6.92 Å². The summed E-state index contributed by atoms with van der Waals surface area (Å²) in [4.78, 5) is 12.9. The summed E-state index contributed by atoms with van der Waals surface area (Å²) >= 11 is 1.15. The van der Waals surface area contributed by atoms with E-state index in [1.807, 2.05) is 0 Å². The van der Waals surface area contributed by atoms with Gasteiger partial charge < -0.3 is 5.32 Å². The van der Waals surface area contributed by atoms with Crippen molar-refractivity contribution in [3.63, 3.8) is 0 Å². The van der Waals surface area contributed by atoms with Crippen LogP contribution in [-0.2, 0) is 10.0 Å². The molecule has 1 amide bonds.